The van der Waals surface area contributed by atoms with E-state index in [4.69, 9.17) is 14.7 Å². The number of anilines is 2. The van der Waals surface area contributed by atoms with Crippen LogP contribution in [0.3, 0.4) is 0 Å². The van der Waals surface area contributed by atoms with Gasteiger partial charge in [0.1, 0.15) is 17.3 Å². The Hall–Kier alpha value is -3.31. The van der Waals surface area contributed by atoms with Crippen LogP contribution in [-0.4, -0.2) is 105 Å². The van der Waals surface area contributed by atoms with Crippen molar-refractivity contribution in [1.29, 1.82) is 0 Å². The van der Waals surface area contributed by atoms with Crippen molar-refractivity contribution < 1.29 is 19.4 Å². The molecule has 1 saturated carbocycles. The monoisotopic (exact) mass is 607 g/mol. The molecule has 5 rings (SSSR count). The van der Waals surface area contributed by atoms with Gasteiger partial charge in [-0.1, -0.05) is 33.1 Å². The lowest BCUT2D eigenvalue weighted by molar-refractivity contribution is -0.0318. The Morgan fingerprint density at radius 2 is 1.75 bits per heavy atom. The molecule has 2 aromatic rings. The molecule has 11 heteroatoms. The standard InChI is InChI=1S/C33H49N7O4/c1-22(2)28-29(35-20-33(10-8-7-9-11-33)39-14-16-44-17-15-39)34-19-25(37-28)30(41)40-13-12-38(21-32(40,5)6)26-18-23(3)27(31(42)43)24(4)36-26/h18-19,22H,7-17,20-21H2,1-6H3,(H,34,35)(H,42,43). The highest BCUT2D eigenvalue weighted by molar-refractivity contribution is 5.93. The van der Waals surface area contributed by atoms with Crippen molar-refractivity contribution in [3.63, 3.8) is 0 Å². The van der Waals surface area contributed by atoms with Crippen LogP contribution >= 0.6 is 0 Å². The van der Waals surface area contributed by atoms with Crippen LogP contribution in [-0.2, 0) is 4.74 Å². The van der Waals surface area contributed by atoms with E-state index >= 15 is 0 Å². The predicted molar refractivity (Wildman–Crippen MR) is 171 cm³/mol. The molecule has 2 aromatic heterocycles. The van der Waals surface area contributed by atoms with Gasteiger partial charge in [-0.05, 0) is 58.1 Å². The normalized spacial score (nSPS) is 20.5. The summed E-state index contributed by atoms with van der Waals surface area (Å²) < 4.78 is 5.65. The Labute approximate surface area is 261 Å². The van der Waals surface area contributed by atoms with Crippen LogP contribution < -0.4 is 10.2 Å². The molecule has 3 fully saturated rings. The number of aromatic carboxylic acids is 1. The lowest BCUT2D eigenvalue weighted by atomic mass is 9.79. The minimum Gasteiger partial charge on any atom is -0.478 e. The summed E-state index contributed by atoms with van der Waals surface area (Å²) in [5, 5.41) is 13.2. The van der Waals surface area contributed by atoms with E-state index in [2.05, 4.69) is 33.9 Å². The fourth-order valence-electron chi connectivity index (χ4n) is 7.31. The first-order valence-electron chi connectivity index (χ1n) is 16.1. The van der Waals surface area contributed by atoms with Gasteiger partial charge < -0.3 is 25.0 Å². The van der Waals surface area contributed by atoms with Gasteiger partial charge in [-0.15, -0.1) is 0 Å². The number of piperazine rings is 1. The lowest BCUT2D eigenvalue weighted by Gasteiger charge is -2.48. The Morgan fingerprint density at radius 3 is 2.36 bits per heavy atom. The number of nitrogens with one attached hydrogen (secondary N) is 1. The molecule has 0 radical (unpaired) electrons. The van der Waals surface area contributed by atoms with E-state index < -0.39 is 11.5 Å². The molecule has 2 aliphatic heterocycles. The first-order valence-corrected chi connectivity index (χ1v) is 16.1. The Bertz CT molecular complexity index is 1340. The van der Waals surface area contributed by atoms with E-state index in [0.717, 1.165) is 50.2 Å². The molecule has 0 bridgehead atoms. The van der Waals surface area contributed by atoms with Gasteiger partial charge in [-0.3, -0.25) is 9.69 Å². The summed E-state index contributed by atoms with van der Waals surface area (Å²) in [6.45, 7) is 17.7. The van der Waals surface area contributed by atoms with Gasteiger partial charge in [0.2, 0.25) is 0 Å². The number of aromatic nitrogens is 3. The number of carbonyl (C=O) groups excluding carboxylic acids is 1. The Balaban J connectivity index is 1.31. The average molecular weight is 608 g/mol. The number of carbonyl (C=O) groups is 2. The summed E-state index contributed by atoms with van der Waals surface area (Å²) in [5.41, 5.74) is 2.18. The van der Waals surface area contributed by atoms with E-state index in [1.165, 1.54) is 32.1 Å². The summed E-state index contributed by atoms with van der Waals surface area (Å²) in [7, 11) is 0. The van der Waals surface area contributed by atoms with Crippen LogP contribution in [0.1, 0.15) is 104 Å². The van der Waals surface area contributed by atoms with Crippen LogP contribution in [0.4, 0.5) is 11.6 Å². The number of aryl methyl sites for hydroxylation is 2. The van der Waals surface area contributed by atoms with Gasteiger partial charge in [0, 0.05) is 44.8 Å². The highest BCUT2D eigenvalue weighted by Crippen LogP contribution is 2.35. The quantitative estimate of drug-likeness (QED) is 0.443. The third-order valence-corrected chi connectivity index (χ3v) is 9.69. The van der Waals surface area contributed by atoms with E-state index in [1.54, 1.807) is 20.0 Å². The molecule has 3 aliphatic rings. The van der Waals surface area contributed by atoms with Crippen molar-refractivity contribution in [2.75, 3.05) is 62.7 Å². The number of hydrogen-bond acceptors (Lipinski definition) is 9. The summed E-state index contributed by atoms with van der Waals surface area (Å²) in [4.78, 5) is 46.5. The van der Waals surface area contributed by atoms with Crippen molar-refractivity contribution in [1.82, 2.24) is 24.8 Å². The summed E-state index contributed by atoms with van der Waals surface area (Å²) >= 11 is 0. The number of ether oxygens (including phenoxy) is 1. The second-order valence-corrected chi connectivity index (χ2v) is 13.6. The highest BCUT2D eigenvalue weighted by atomic mass is 16.5. The highest BCUT2D eigenvalue weighted by Gasteiger charge is 2.40. The van der Waals surface area contributed by atoms with E-state index in [0.29, 0.717) is 36.6 Å². The molecule has 0 atom stereocenters. The number of rotatable bonds is 8. The fraction of sp³-hybridized carbons (Fsp3) is 0.667. The average Bonchev–Trinajstić information content (AvgIpc) is 2.99. The third-order valence-electron chi connectivity index (χ3n) is 9.69. The molecule has 0 aromatic carbocycles. The van der Waals surface area contributed by atoms with Crippen LogP contribution in [0.5, 0.6) is 0 Å². The van der Waals surface area contributed by atoms with Crippen molar-refractivity contribution in [2.45, 2.75) is 90.6 Å². The number of hydrogen-bond donors (Lipinski definition) is 2. The second kappa shape index (κ2) is 13.0. The topological polar surface area (TPSA) is 124 Å². The number of nitrogens with zero attached hydrogens (tertiary/aromatic N) is 6. The van der Waals surface area contributed by atoms with Gasteiger partial charge in [0.25, 0.3) is 5.91 Å². The third kappa shape index (κ3) is 6.54. The molecule has 2 saturated heterocycles. The smallest absolute Gasteiger partial charge is 0.337 e. The molecule has 1 aliphatic carbocycles. The molecule has 2 N–H and O–H groups in total. The molecule has 4 heterocycles. The number of carboxylic acids is 1. The van der Waals surface area contributed by atoms with E-state index in [9.17, 15) is 14.7 Å². The maximum absolute atomic E-state index is 13.9. The first-order chi connectivity index (χ1) is 20.9. The van der Waals surface area contributed by atoms with Crippen molar-refractivity contribution >= 4 is 23.5 Å². The van der Waals surface area contributed by atoms with Crippen molar-refractivity contribution in [3.8, 4) is 0 Å². The maximum Gasteiger partial charge on any atom is 0.337 e. The molecule has 11 nitrogen and oxygen atoms in total. The molecular weight excluding hydrogens is 558 g/mol. The second-order valence-electron chi connectivity index (χ2n) is 13.6. The SMILES string of the molecule is Cc1cc(N2CCN(C(=O)c3cnc(NCC4(N5CCOCC5)CCCCC4)c(C(C)C)n3)C(C)(C)C2)nc(C)c1C(=O)O. The van der Waals surface area contributed by atoms with E-state index in [-0.39, 0.29) is 22.9 Å². The zero-order chi connectivity index (χ0) is 31.6. The fourth-order valence-corrected chi connectivity index (χ4v) is 7.31. The van der Waals surface area contributed by atoms with E-state index in [1.807, 2.05) is 24.8 Å². The number of morpholine rings is 1. The van der Waals surface area contributed by atoms with Gasteiger partial charge in [-0.25, -0.2) is 19.7 Å². The molecule has 0 unspecified atom stereocenters. The van der Waals surface area contributed by atoms with Gasteiger partial charge in [-0.2, -0.15) is 0 Å². The van der Waals surface area contributed by atoms with Gasteiger partial charge >= 0.3 is 5.97 Å². The molecular formula is C33H49N7O4. The minimum absolute atomic E-state index is 0.0933. The zero-order valence-corrected chi connectivity index (χ0v) is 27.3. The van der Waals surface area contributed by atoms with Crippen LogP contribution in [0.25, 0.3) is 0 Å². The van der Waals surface area contributed by atoms with Gasteiger partial charge in [0.15, 0.2) is 0 Å². The Morgan fingerprint density at radius 1 is 1.05 bits per heavy atom. The van der Waals surface area contributed by atoms with Crippen molar-refractivity contribution in [2.24, 2.45) is 0 Å². The van der Waals surface area contributed by atoms with Crippen LogP contribution in [0.15, 0.2) is 12.3 Å². The zero-order valence-electron chi connectivity index (χ0n) is 27.3. The Kier molecular flexibility index (Phi) is 9.46. The largest absolute Gasteiger partial charge is 0.478 e. The first kappa shape index (κ1) is 32.1. The number of pyridine rings is 1. The maximum atomic E-state index is 13.9. The molecule has 0 spiro atoms. The van der Waals surface area contributed by atoms with Gasteiger partial charge in [0.05, 0.1) is 41.9 Å². The van der Waals surface area contributed by atoms with Crippen LogP contribution in [0, 0.1) is 13.8 Å². The predicted octanol–water partition coefficient (Wildman–Crippen LogP) is 4.50. The summed E-state index contributed by atoms with van der Waals surface area (Å²) in [6, 6.07) is 1.83. The molecule has 1 amide bonds. The minimum atomic E-state index is -0.969. The number of carboxylic acid groups (broad SMARTS) is 1. The lowest BCUT2D eigenvalue weighted by Crippen LogP contribution is -2.61. The van der Waals surface area contributed by atoms with Crippen molar-refractivity contribution in [3.05, 3.63) is 40.5 Å². The number of amides is 1. The molecule has 44 heavy (non-hydrogen) atoms. The summed E-state index contributed by atoms with van der Waals surface area (Å²) in [6.07, 6.45) is 7.72. The molecule has 240 valence electrons. The van der Waals surface area contributed by atoms with Crippen LogP contribution in [0.2, 0.25) is 0 Å². The summed E-state index contributed by atoms with van der Waals surface area (Å²) in [5.74, 6) is 0.494.